The second-order valence-electron chi connectivity index (χ2n) is 8.05. The van der Waals surface area contributed by atoms with Crippen LogP contribution < -0.4 is 10.1 Å². The van der Waals surface area contributed by atoms with Crippen molar-refractivity contribution in [2.75, 3.05) is 12.4 Å². The van der Waals surface area contributed by atoms with Gasteiger partial charge in [0, 0.05) is 11.3 Å². The van der Waals surface area contributed by atoms with Crippen LogP contribution in [0.15, 0.2) is 40.8 Å². The third-order valence-corrected chi connectivity index (χ3v) is 5.47. The maximum Gasteiger partial charge on any atom is 0.261 e. The molecule has 0 saturated heterocycles. The second-order valence-corrected chi connectivity index (χ2v) is 8.05. The number of aromatic nitrogens is 1. The number of hydrogen-bond acceptors (Lipinski definition) is 4. The van der Waals surface area contributed by atoms with Crippen LogP contribution in [0.25, 0.3) is 22.6 Å². The summed E-state index contributed by atoms with van der Waals surface area (Å²) in [6.45, 7) is 5.76. The van der Waals surface area contributed by atoms with Crippen LogP contribution in [0, 0.1) is 30.2 Å². The molecule has 4 aromatic rings. The number of carbonyl (C=O) groups is 1. The van der Waals surface area contributed by atoms with Gasteiger partial charge in [-0.3, -0.25) is 4.79 Å². The zero-order chi connectivity index (χ0) is 24.7. The van der Waals surface area contributed by atoms with Crippen LogP contribution in [-0.2, 0) is 0 Å². The molecule has 0 aliphatic rings. The van der Waals surface area contributed by atoms with E-state index in [2.05, 4.69) is 28.9 Å². The molecule has 0 unspecified atom stereocenters. The lowest BCUT2D eigenvalue weighted by Gasteiger charge is -2.13. The van der Waals surface area contributed by atoms with Crippen molar-refractivity contribution in [3.8, 4) is 17.2 Å². The minimum absolute atomic E-state index is 0.156. The molecule has 0 spiro atoms. The average Bonchev–Trinajstić information content (AvgIpc) is 3.23. The number of nitrogens with zero attached hydrogens (tertiary/aromatic N) is 1. The number of aryl methyl sites for hydroxylation is 1. The maximum absolute atomic E-state index is 14.3. The number of hydrogen-bond donors (Lipinski definition) is 1. The van der Waals surface area contributed by atoms with Crippen molar-refractivity contribution in [1.29, 1.82) is 0 Å². The van der Waals surface area contributed by atoms with Gasteiger partial charge < -0.3 is 14.5 Å². The Morgan fingerprint density at radius 3 is 2.29 bits per heavy atom. The van der Waals surface area contributed by atoms with Gasteiger partial charge in [-0.05, 0) is 48.2 Å². The molecular weight excluding hydrogens is 452 g/mol. The summed E-state index contributed by atoms with van der Waals surface area (Å²) in [6, 6.07) is 10.5. The predicted octanol–water partition coefficient (Wildman–Crippen LogP) is 6.74. The van der Waals surface area contributed by atoms with Gasteiger partial charge >= 0.3 is 0 Å². The first-order valence-electron chi connectivity index (χ1n) is 10.3. The molecule has 0 saturated carbocycles. The molecule has 0 aliphatic carbocycles. The first kappa shape index (κ1) is 23.3. The highest BCUT2D eigenvalue weighted by atomic mass is 19.2. The second kappa shape index (κ2) is 8.81. The smallest absolute Gasteiger partial charge is 0.261 e. The number of oxazole rings is 1. The summed E-state index contributed by atoms with van der Waals surface area (Å²) in [5, 5.41) is 2.31. The van der Waals surface area contributed by atoms with E-state index < -0.39 is 40.5 Å². The van der Waals surface area contributed by atoms with Crippen LogP contribution in [-0.4, -0.2) is 18.0 Å². The molecule has 9 heteroatoms. The lowest BCUT2D eigenvalue weighted by atomic mass is 10.0. The third kappa shape index (κ3) is 3.98. The summed E-state index contributed by atoms with van der Waals surface area (Å²) >= 11 is 0. The predicted molar refractivity (Wildman–Crippen MR) is 119 cm³/mol. The van der Waals surface area contributed by atoms with E-state index in [1.54, 1.807) is 19.1 Å². The number of benzene rings is 3. The van der Waals surface area contributed by atoms with Crippen molar-refractivity contribution >= 4 is 22.7 Å². The van der Waals surface area contributed by atoms with Crippen LogP contribution in [0.4, 0.5) is 23.2 Å². The topological polar surface area (TPSA) is 64.4 Å². The molecule has 1 N–H and O–H groups in total. The van der Waals surface area contributed by atoms with Gasteiger partial charge in [0.2, 0.25) is 17.5 Å². The van der Waals surface area contributed by atoms with Gasteiger partial charge in [-0.15, -0.1) is 0 Å². The SMILES string of the molecule is COc1c(F)c(F)c(C(=O)Nc2cc(-c3nc4cc(C(C)C)ccc4o3)ccc2C)c(F)c1F. The normalized spacial score (nSPS) is 11.3. The zero-order valence-electron chi connectivity index (χ0n) is 18.7. The van der Waals surface area contributed by atoms with E-state index in [1.165, 1.54) is 6.07 Å². The Morgan fingerprint density at radius 1 is 1.00 bits per heavy atom. The standard InChI is InChI=1S/C25H20F4N2O3/c1-11(2)13-7-8-17-16(9-13)31-25(34-17)14-6-5-12(3)15(10-14)30-24(32)18-19(26)21(28)23(33-4)22(29)20(18)27/h5-11H,1-4H3,(H,30,32). The zero-order valence-corrected chi connectivity index (χ0v) is 18.7. The number of ether oxygens (including phenoxy) is 1. The Morgan fingerprint density at radius 2 is 1.68 bits per heavy atom. The first-order valence-corrected chi connectivity index (χ1v) is 10.3. The lowest BCUT2D eigenvalue weighted by molar-refractivity contribution is 0.101. The fourth-order valence-electron chi connectivity index (χ4n) is 3.49. The van der Waals surface area contributed by atoms with E-state index in [9.17, 15) is 22.4 Å². The van der Waals surface area contributed by atoms with E-state index in [0.29, 0.717) is 28.1 Å². The Labute approximate surface area is 192 Å². The Bertz CT molecular complexity index is 1400. The van der Waals surface area contributed by atoms with E-state index in [4.69, 9.17) is 4.42 Å². The van der Waals surface area contributed by atoms with Gasteiger partial charge in [0.15, 0.2) is 23.0 Å². The number of anilines is 1. The molecule has 0 bridgehead atoms. The molecule has 5 nitrogen and oxygen atoms in total. The fourth-order valence-corrected chi connectivity index (χ4v) is 3.49. The molecule has 34 heavy (non-hydrogen) atoms. The highest BCUT2D eigenvalue weighted by Gasteiger charge is 2.30. The number of nitrogens with one attached hydrogen (secondary N) is 1. The Balaban J connectivity index is 1.70. The van der Waals surface area contributed by atoms with Gasteiger partial charge in [-0.1, -0.05) is 26.0 Å². The summed E-state index contributed by atoms with van der Waals surface area (Å²) in [7, 11) is 0.852. The number of rotatable bonds is 5. The number of amides is 1. The summed E-state index contributed by atoms with van der Waals surface area (Å²) < 4.78 is 66.9. The summed E-state index contributed by atoms with van der Waals surface area (Å²) in [6.07, 6.45) is 0. The summed E-state index contributed by atoms with van der Waals surface area (Å²) in [5.41, 5.74) is 2.08. The van der Waals surface area contributed by atoms with E-state index in [1.807, 2.05) is 18.2 Å². The third-order valence-electron chi connectivity index (χ3n) is 5.47. The molecule has 4 rings (SSSR count). The van der Waals surface area contributed by atoms with Crippen molar-refractivity contribution in [1.82, 2.24) is 4.98 Å². The van der Waals surface area contributed by atoms with Crippen molar-refractivity contribution in [2.45, 2.75) is 26.7 Å². The lowest BCUT2D eigenvalue weighted by Crippen LogP contribution is -2.19. The number of halogens is 4. The van der Waals surface area contributed by atoms with Crippen LogP contribution in [0.2, 0.25) is 0 Å². The van der Waals surface area contributed by atoms with E-state index in [-0.39, 0.29) is 11.6 Å². The number of fused-ring (bicyclic) bond motifs is 1. The largest absolute Gasteiger partial charge is 0.491 e. The molecule has 0 atom stereocenters. The molecular formula is C25H20F4N2O3. The molecule has 1 aromatic heterocycles. The molecule has 0 radical (unpaired) electrons. The fraction of sp³-hybridized carbons (Fsp3) is 0.200. The van der Waals surface area contributed by atoms with Crippen molar-refractivity contribution in [3.05, 3.63) is 76.4 Å². The van der Waals surface area contributed by atoms with Crippen LogP contribution in [0.1, 0.15) is 41.3 Å². The Hall–Kier alpha value is -3.88. The van der Waals surface area contributed by atoms with E-state index in [0.717, 1.165) is 12.7 Å². The Kier molecular flexibility index (Phi) is 6.03. The first-order chi connectivity index (χ1) is 16.1. The molecule has 0 fully saturated rings. The average molecular weight is 472 g/mol. The summed E-state index contributed by atoms with van der Waals surface area (Å²) in [4.78, 5) is 17.1. The van der Waals surface area contributed by atoms with Crippen molar-refractivity contribution in [2.24, 2.45) is 0 Å². The minimum atomic E-state index is -1.86. The highest BCUT2D eigenvalue weighted by Crippen LogP contribution is 2.32. The highest BCUT2D eigenvalue weighted by molar-refractivity contribution is 6.05. The van der Waals surface area contributed by atoms with Gasteiger partial charge in [0.05, 0.1) is 7.11 Å². The van der Waals surface area contributed by atoms with Crippen molar-refractivity contribution < 1.29 is 31.5 Å². The maximum atomic E-state index is 14.3. The molecule has 176 valence electrons. The van der Waals surface area contributed by atoms with Crippen LogP contribution in [0.3, 0.4) is 0 Å². The molecule has 1 heterocycles. The molecule has 1 amide bonds. The molecule has 3 aromatic carbocycles. The van der Waals surface area contributed by atoms with E-state index >= 15 is 0 Å². The van der Waals surface area contributed by atoms with Gasteiger partial charge in [0.1, 0.15) is 11.1 Å². The molecule has 0 aliphatic heterocycles. The van der Waals surface area contributed by atoms with Gasteiger partial charge in [-0.2, -0.15) is 8.78 Å². The quantitative estimate of drug-likeness (QED) is 0.258. The number of methoxy groups -OCH3 is 1. The minimum Gasteiger partial charge on any atom is -0.491 e. The van der Waals surface area contributed by atoms with Gasteiger partial charge in [0.25, 0.3) is 5.91 Å². The summed E-state index contributed by atoms with van der Waals surface area (Å²) in [5.74, 6) is -9.36. The number of carbonyl (C=O) groups excluding carboxylic acids is 1. The monoisotopic (exact) mass is 472 g/mol. The van der Waals surface area contributed by atoms with Crippen molar-refractivity contribution in [3.63, 3.8) is 0 Å². The van der Waals surface area contributed by atoms with Crippen LogP contribution >= 0.6 is 0 Å². The van der Waals surface area contributed by atoms with Gasteiger partial charge in [-0.25, -0.2) is 13.8 Å². The van der Waals surface area contributed by atoms with Crippen LogP contribution in [0.5, 0.6) is 5.75 Å².